The van der Waals surface area contributed by atoms with Gasteiger partial charge in [0.15, 0.2) is 11.8 Å². The fourth-order valence-corrected chi connectivity index (χ4v) is 5.49. The second-order valence-corrected chi connectivity index (χ2v) is 8.64. The van der Waals surface area contributed by atoms with Gasteiger partial charge in [0.1, 0.15) is 0 Å². The summed E-state index contributed by atoms with van der Waals surface area (Å²) in [5, 5.41) is 21.6. The SMILES string of the molecule is C[C@H](c1ccccc1)N1CCC2(CC1)c1c(c(O)n(C)c1O)CN2c1ccccc1. The quantitative estimate of drug-likeness (QED) is 0.676. The molecule has 0 saturated carbocycles. The van der Waals surface area contributed by atoms with Gasteiger partial charge in [-0.1, -0.05) is 48.5 Å². The first-order chi connectivity index (χ1) is 14.5. The molecule has 0 amide bonds. The molecule has 2 aliphatic heterocycles. The van der Waals surface area contributed by atoms with Crippen LogP contribution in [0.3, 0.4) is 0 Å². The van der Waals surface area contributed by atoms with Crippen LogP contribution in [0.15, 0.2) is 60.7 Å². The van der Waals surface area contributed by atoms with E-state index in [1.54, 1.807) is 7.05 Å². The molecule has 2 aromatic carbocycles. The molecule has 30 heavy (non-hydrogen) atoms. The zero-order valence-electron chi connectivity index (χ0n) is 17.6. The fourth-order valence-electron chi connectivity index (χ4n) is 5.49. The Bertz CT molecular complexity index is 1040. The molecule has 1 aromatic heterocycles. The molecule has 3 aromatic rings. The normalized spacial score (nSPS) is 19.2. The molecule has 0 bridgehead atoms. The Morgan fingerprint density at radius 1 is 0.867 bits per heavy atom. The van der Waals surface area contributed by atoms with Crippen LogP contribution in [0.25, 0.3) is 0 Å². The highest BCUT2D eigenvalue weighted by molar-refractivity contribution is 5.63. The number of anilines is 1. The minimum absolute atomic E-state index is 0.181. The average molecular weight is 404 g/mol. The van der Waals surface area contributed by atoms with E-state index in [0.29, 0.717) is 12.6 Å². The summed E-state index contributed by atoms with van der Waals surface area (Å²) in [6, 6.07) is 21.4. The van der Waals surface area contributed by atoms with Gasteiger partial charge in [0.25, 0.3) is 0 Å². The van der Waals surface area contributed by atoms with Crippen molar-refractivity contribution in [3.8, 4) is 11.8 Å². The van der Waals surface area contributed by atoms with Crippen LogP contribution in [0.4, 0.5) is 5.69 Å². The summed E-state index contributed by atoms with van der Waals surface area (Å²) in [7, 11) is 1.73. The van der Waals surface area contributed by atoms with E-state index in [1.807, 2.05) is 6.07 Å². The fraction of sp³-hybridized carbons (Fsp3) is 0.360. The lowest BCUT2D eigenvalue weighted by Gasteiger charge is -2.47. The largest absolute Gasteiger partial charge is 0.494 e. The van der Waals surface area contributed by atoms with E-state index in [9.17, 15) is 10.2 Å². The van der Waals surface area contributed by atoms with E-state index in [4.69, 9.17) is 0 Å². The van der Waals surface area contributed by atoms with Crippen molar-refractivity contribution >= 4 is 5.69 Å². The van der Waals surface area contributed by atoms with Gasteiger partial charge >= 0.3 is 0 Å². The first-order valence-electron chi connectivity index (χ1n) is 10.7. The maximum atomic E-state index is 10.9. The molecule has 1 atom stereocenters. The molecule has 2 N–H and O–H groups in total. The summed E-state index contributed by atoms with van der Waals surface area (Å²) in [5.74, 6) is 0.380. The maximum absolute atomic E-state index is 10.9. The topological polar surface area (TPSA) is 51.9 Å². The number of para-hydroxylation sites is 1. The highest BCUT2D eigenvalue weighted by atomic mass is 16.3. The Morgan fingerprint density at radius 2 is 1.47 bits per heavy atom. The van der Waals surface area contributed by atoms with Crippen LogP contribution >= 0.6 is 0 Å². The van der Waals surface area contributed by atoms with Crippen molar-refractivity contribution in [2.24, 2.45) is 7.05 Å². The smallest absolute Gasteiger partial charge is 0.199 e. The third kappa shape index (κ3) is 2.72. The van der Waals surface area contributed by atoms with E-state index in [0.717, 1.165) is 42.7 Å². The lowest BCUT2D eigenvalue weighted by molar-refractivity contribution is 0.121. The summed E-state index contributed by atoms with van der Waals surface area (Å²) < 4.78 is 1.52. The van der Waals surface area contributed by atoms with Crippen molar-refractivity contribution in [3.63, 3.8) is 0 Å². The van der Waals surface area contributed by atoms with Crippen LogP contribution in [0.5, 0.6) is 11.8 Å². The van der Waals surface area contributed by atoms with Gasteiger partial charge < -0.3 is 15.1 Å². The van der Waals surface area contributed by atoms with Crippen LogP contribution in [0.2, 0.25) is 0 Å². The zero-order chi connectivity index (χ0) is 20.9. The van der Waals surface area contributed by atoms with Gasteiger partial charge in [-0.15, -0.1) is 0 Å². The standard InChI is InChI=1S/C25H29N3O2/c1-18(19-9-5-3-6-10-19)27-15-13-25(14-16-27)22-21(23(29)26(2)24(22)30)17-28(25)20-11-7-4-8-12-20/h3-12,18,29-30H,13-17H2,1-2H3/t18-/m1/s1. The minimum Gasteiger partial charge on any atom is -0.494 e. The van der Waals surface area contributed by atoms with E-state index < -0.39 is 0 Å². The number of rotatable bonds is 3. The Hall–Kier alpha value is -2.92. The molecule has 5 heteroatoms. The molecule has 3 heterocycles. The van der Waals surface area contributed by atoms with Crippen LogP contribution in [0, 0.1) is 0 Å². The number of benzene rings is 2. The van der Waals surface area contributed by atoms with E-state index in [2.05, 4.69) is 71.3 Å². The van der Waals surface area contributed by atoms with Crippen LogP contribution < -0.4 is 4.90 Å². The monoisotopic (exact) mass is 403 g/mol. The predicted octanol–water partition coefficient (Wildman–Crippen LogP) is 4.51. The third-order valence-corrected chi connectivity index (χ3v) is 7.25. The number of hydrogen-bond acceptors (Lipinski definition) is 4. The first kappa shape index (κ1) is 19.1. The van der Waals surface area contributed by atoms with Crippen molar-refractivity contribution in [1.29, 1.82) is 0 Å². The van der Waals surface area contributed by atoms with Crippen LogP contribution in [-0.4, -0.2) is 32.8 Å². The van der Waals surface area contributed by atoms with Crippen molar-refractivity contribution in [2.45, 2.75) is 37.9 Å². The molecule has 5 nitrogen and oxygen atoms in total. The summed E-state index contributed by atoms with van der Waals surface area (Å²) in [4.78, 5) is 4.92. The average Bonchev–Trinajstić information content (AvgIpc) is 3.23. The minimum atomic E-state index is -0.299. The number of aromatic hydroxyl groups is 2. The number of likely N-dealkylation sites (tertiary alicyclic amines) is 1. The summed E-state index contributed by atoms with van der Waals surface area (Å²) in [6.07, 6.45) is 1.81. The molecular formula is C25H29N3O2. The van der Waals surface area contributed by atoms with Gasteiger partial charge in [0, 0.05) is 49.5 Å². The second-order valence-electron chi connectivity index (χ2n) is 8.64. The zero-order valence-corrected chi connectivity index (χ0v) is 17.6. The van der Waals surface area contributed by atoms with Crippen molar-refractivity contribution in [1.82, 2.24) is 9.47 Å². The molecule has 1 saturated heterocycles. The molecule has 0 aliphatic carbocycles. The number of nitrogens with zero attached hydrogens (tertiary/aromatic N) is 3. The summed E-state index contributed by atoms with van der Waals surface area (Å²) in [5.41, 5.74) is 3.95. The van der Waals surface area contributed by atoms with E-state index in [1.165, 1.54) is 10.1 Å². The number of aromatic nitrogens is 1. The van der Waals surface area contributed by atoms with Crippen LogP contribution in [0.1, 0.15) is 42.5 Å². The lowest BCUT2D eigenvalue weighted by Crippen LogP contribution is -2.50. The molecule has 0 unspecified atom stereocenters. The van der Waals surface area contributed by atoms with Crippen LogP contribution in [-0.2, 0) is 19.1 Å². The van der Waals surface area contributed by atoms with Gasteiger partial charge in [-0.05, 0) is 37.5 Å². The molecule has 156 valence electrons. The molecule has 1 fully saturated rings. The Kier molecular flexibility index (Phi) is 4.51. The first-order valence-corrected chi connectivity index (χ1v) is 10.7. The van der Waals surface area contributed by atoms with Crippen molar-refractivity contribution in [3.05, 3.63) is 77.4 Å². The molecule has 0 radical (unpaired) electrons. The molecule has 5 rings (SSSR count). The predicted molar refractivity (Wildman–Crippen MR) is 119 cm³/mol. The van der Waals surface area contributed by atoms with Gasteiger partial charge in [-0.25, -0.2) is 0 Å². The Labute approximate surface area is 177 Å². The molecule has 2 aliphatic rings. The van der Waals surface area contributed by atoms with Crippen molar-refractivity contribution < 1.29 is 10.2 Å². The summed E-state index contributed by atoms with van der Waals surface area (Å²) >= 11 is 0. The highest BCUT2D eigenvalue weighted by Crippen LogP contribution is 2.55. The summed E-state index contributed by atoms with van der Waals surface area (Å²) in [6.45, 7) is 4.77. The second kappa shape index (κ2) is 7.10. The Balaban J connectivity index is 1.50. The van der Waals surface area contributed by atoms with E-state index in [-0.39, 0.29) is 17.3 Å². The van der Waals surface area contributed by atoms with E-state index >= 15 is 0 Å². The lowest BCUT2D eigenvalue weighted by atomic mass is 9.80. The Morgan fingerprint density at radius 3 is 2.10 bits per heavy atom. The van der Waals surface area contributed by atoms with Gasteiger partial charge in [-0.3, -0.25) is 9.47 Å². The van der Waals surface area contributed by atoms with Gasteiger partial charge in [-0.2, -0.15) is 0 Å². The maximum Gasteiger partial charge on any atom is 0.199 e. The number of piperidine rings is 1. The third-order valence-electron chi connectivity index (χ3n) is 7.25. The molecular weight excluding hydrogens is 374 g/mol. The van der Waals surface area contributed by atoms with Gasteiger partial charge in [0.2, 0.25) is 0 Å². The highest BCUT2D eigenvalue weighted by Gasteiger charge is 2.51. The van der Waals surface area contributed by atoms with Crippen molar-refractivity contribution in [2.75, 3.05) is 18.0 Å². The molecule has 1 spiro atoms. The number of fused-ring (bicyclic) bond motifs is 2. The van der Waals surface area contributed by atoms with Gasteiger partial charge in [0.05, 0.1) is 5.54 Å². The number of hydrogen-bond donors (Lipinski definition) is 2.